The fraction of sp³-hybridized carbons (Fsp3) is 0.250. The van der Waals surface area contributed by atoms with Crippen molar-refractivity contribution in [3.05, 3.63) is 65.2 Å². The Bertz CT molecular complexity index is 586. The van der Waals surface area contributed by atoms with Crippen LogP contribution < -0.4 is 10.5 Å². The molecule has 0 heterocycles. The largest absolute Gasteiger partial charge is 0.497 e. The number of benzene rings is 2. The van der Waals surface area contributed by atoms with Crippen LogP contribution in [-0.4, -0.2) is 13.2 Å². The van der Waals surface area contributed by atoms with E-state index in [1.165, 1.54) is 6.07 Å². The van der Waals surface area contributed by atoms with E-state index in [-0.39, 0.29) is 6.04 Å². The fourth-order valence-corrected chi connectivity index (χ4v) is 2.14. The molecular weight excluding hydrogens is 260 g/mol. The molecule has 1 atom stereocenters. The number of ether oxygens (including phenoxy) is 1. The first kappa shape index (κ1) is 14.5. The molecule has 4 heteroatoms. The van der Waals surface area contributed by atoms with Crippen LogP contribution >= 0.6 is 0 Å². The van der Waals surface area contributed by atoms with Crippen LogP contribution in [0.5, 0.6) is 5.75 Å². The average molecular weight is 277 g/mol. The first-order chi connectivity index (χ1) is 9.58. The Hall–Kier alpha value is -1.94. The van der Waals surface area contributed by atoms with Gasteiger partial charge in [-0.25, -0.2) is 8.78 Å². The highest BCUT2D eigenvalue weighted by Crippen LogP contribution is 2.16. The summed E-state index contributed by atoms with van der Waals surface area (Å²) < 4.78 is 31.1. The molecule has 106 valence electrons. The highest BCUT2D eigenvalue weighted by atomic mass is 19.2. The third-order valence-electron chi connectivity index (χ3n) is 3.11. The molecule has 1 unspecified atom stereocenters. The fourth-order valence-electron chi connectivity index (χ4n) is 2.14. The minimum Gasteiger partial charge on any atom is -0.497 e. The van der Waals surface area contributed by atoms with Crippen LogP contribution in [0.15, 0.2) is 42.5 Å². The number of hydrogen-bond donors (Lipinski definition) is 1. The Balaban J connectivity index is 2.00. The standard InChI is InChI=1S/C16H17F2NO/c1-20-14-4-2-3-11(9-14)7-13(19)8-12-5-6-15(17)16(18)10-12/h2-6,9-10,13H,7-8,19H2,1H3. The van der Waals surface area contributed by atoms with Gasteiger partial charge in [-0.2, -0.15) is 0 Å². The Kier molecular flexibility index (Phi) is 4.69. The third-order valence-corrected chi connectivity index (χ3v) is 3.11. The molecule has 2 aromatic carbocycles. The summed E-state index contributed by atoms with van der Waals surface area (Å²) in [6, 6.07) is 11.4. The van der Waals surface area contributed by atoms with Crippen molar-refractivity contribution in [3.8, 4) is 5.75 Å². The molecule has 0 saturated heterocycles. The Morgan fingerprint density at radius 2 is 1.70 bits per heavy atom. The second-order valence-corrected chi connectivity index (χ2v) is 4.77. The van der Waals surface area contributed by atoms with E-state index in [9.17, 15) is 8.78 Å². The smallest absolute Gasteiger partial charge is 0.159 e. The number of halogens is 2. The normalized spacial score (nSPS) is 12.2. The summed E-state index contributed by atoms with van der Waals surface area (Å²) in [7, 11) is 1.61. The molecule has 0 spiro atoms. The van der Waals surface area contributed by atoms with E-state index in [0.717, 1.165) is 17.4 Å². The molecule has 0 aliphatic rings. The van der Waals surface area contributed by atoms with Gasteiger partial charge < -0.3 is 10.5 Å². The van der Waals surface area contributed by atoms with Gasteiger partial charge in [0, 0.05) is 6.04 Å². The Morgan fingerprint density at radius 3 is 2.35 bits per heavy atom. The van der Waals surface area contributed by atoms with Crippen molar-refractivity contribution < 1.29 is 13.5 Å². The van der Waals surface area contributed by atoms with Crippen LogP contribution in [0.1, 0.15) is 11.1 Å². The maximum absolute atomic E-state index is 13.1. The van der Waals surface area contributed by atoms with Gasteiger partial charge in [-0.05, 0) is 48.2 Å². The topological polar surface area (TPSA) is 35.2 Å². The molecule has 0 fully saturated rings. The maximum atomic E-state index is 13.1. The van der Waals surface area contributed by atoms with E-state index in [4.69, 9.17) is 10.5 Å². The highest BCUT2D eigenvalue weighted by Gasteiger charge is 2.09. The van der Waals surface area contributed by atoms with Crippen LogP contribution in [0.25, 0.3) is 0 Å². The van der Waals surface area contributed by atoms with Crippen LogP contribution in [0.4, 0.5) is 8.78 Å². The minimum atomic E-state index is -0.838. The molecule has 2 nitrogen and oxygen atoms in total. The number of hydrogen-bond acceptors (Lipinski definition) is 2. The van der Waals surface area contributed by atoms with Crippen LogP contribution in [0.2, 0.25) is 0 Å². The molecule has 0 aromatic heterocycles. The second-order valence-electron chi connectivity index (χ2n) is 4.77. The van der Waals surface area contributed by atoms with E-state index in [1.807, 2.05) is 24.3 Å². The summed E-state index contributed by atoms with van der Waals surface area (Å²) in [5.41, 5.74) is 7.81. The van der Waals surface area contributed by atoms with E-state index in [0.29, 0.717) is 18.4 Å². The zero-order chi connectivity index (χ0) is 14.5. The van der Waals surface area contributed by atoms with Crippen molar-refractivity contribution in [3.63, 3.8) is 0 Å². The molecule has 0 saturated carbocycles. The monoisotopic (exact) mass is 277 g/mol. The van der Waals surface area contributed by atoms with E-state index >= 15 is 0 Å². The van der Waals surface area contributed by atoms with Crippen molar-refractivity contribution in [2.24, 2.45) is 5.73 Å². The summed E-state index contributed by atoms with van der Waals surface area (Å²) in [5, 5.41) is 0. The molecule has 2 aromatic rings. The lowest BCUT2D eigenvalue weighted by Gasteiger charge is -2.12. The van der Waals surface area contributed by atoms with Gasteiger partial charge in [-0.3, -0.25) is 0 Å². The number of methoxy groups -OCH3 is 1. The summed E-state index contributed by atoms with van der Waals surface area (Å²) in [6.07, 6.45) is 1.14. The quantitative estimate of drug-likeness (QED) is 0.911. The highest BCUT2D eigenvalue weighted by molar-refractivity contribution is 5.29. The van der Waals surface area contributed by atoms with Gasteiger partial charge in [0.25, 0.3) is 0 Å². The van der Waals surface area contributed by atoms with Gasteiger partial charge in [0.2, 0.25) is 0 Å². The molecule has 2 N–H and O–H groups in total. The van der Waals surface area contributed by atoms with Crippen molar-refractivity contribution in [2.75, 3.05) is 7.11 Å². The summed E-state index contributed by atoms with van der Waals surface area (Å²) >= 11 is 0. The summed E-state index contributed by atoms with van der Waals surface area (Å²) in [6.45, 7) is 0. The predicted molar refractivity (Wildman–Crippen MR) is 74.7 cm³/mol. The van der Waals surface area contributed by atoms with Crippen molar-refractivity contribution in [1.29, 1.82) is 0 Å². The average Bonchev–Trinajstić information content (AvgIpc) is 2.43. The first-order valence-corrected chi connectivity index (χ1v) is 6.41. The van der Waals surface area contributed by atoms with Crippen molar-refractivity contribution in [2.45, 2.75) is 18.9 Å². The number of rotatable bonds is 5. The van der Waals surface area contributed by atoms with Crippen LogP contribution in [0, 0.1) is 11.6 Å². The first-order valence-electron chi connectivity index (χ1n) is 6.41. The summed E-state index contributed by atoms with van der Waals surface area (Å²) in [4.78, 5) is 0. The SMILES string of the molecule is COc1cccc(CC(N)Cc2ccc(F)c(F)c2)c1. The lowest BCUT2D eigenvalue weighted by molar-refractivity contribution is 0.414. The van der Waals surface area contributed by atoms with Gasteiger partial charge in [-0.15, -0.1) is 0 Å². The zero-order valence-electron chi connectivity index (χ0n) is 11.3. The molecule has 0 aliphatic heterocycles. The van der Waals surface area contributed by atoms with E-state index < -0.39 is 11.6 Å². The molecule has 0 bridgehead atoms. The van der Waals surface area contributed by atoms with E-state index in [1.54, 1.807) is 13.2 Å². The van der Waals surface area contributed by atoms with Gasteiger partial charge in [0.05, 0.1) is 7.11 Å². The van der Waals surface area contributed by atoms with Gasteiger partial charge in [0.15, 0.2) is 11.6 Å². The minimum absolute atomic E-state index is 0.160. The molecule has 0 aliphatic carbocycles. The predicted octanol–water partition coefficient (Wildman–Crippen LogP) is 3.09. The third kappa shape index (κ3) is 3.78. The number of nitrogens with two attached hydrogens (primary N) is 1. The lowest BCUT2D eigenvalue weighted by Crippen LogP contribution is -2.25. The maximum Gasteiger partial charge on any atom is 0.159 e. The molecular formula is C16H17F2NO. The van der Waals surface area contributed by atoms with Gasteiger partial charge in [-0.1, -0.05) is 18.2 Å². The van der Waals surface area contributed by atoms with Crippen LogP contribution in [-0.2, 0) is 12.8 Å². The lowest BCUT2D eigenvalue weighted by atomic mass is 9.99. The van der Waals surface area contributed by atoms with Crippen molar-refractivity contribution in [1.82, 2.24) is 0 Å². The van der Waals surface area contributed by atoms with Crippen LogP contribution in [0.3, 0.4) is 0 Å². The van der Waals surface area contributed by atoms with E-state index in [2.05, 4.69) is 0 Å². The molecule has 20 heavy (non-hydrogen) atoms. The molecule has 0 radical (unpaired) electrons. The molecule has 2 rings (SSSR count). The second kappa shape index (κ2) is 6.48. The van der Waals surface area contributed by atoms with Gasteiger partial charge in [0.1, 0.15) is 5.75 Å². The van der Waals surface area contributed by atoms with Crippen molar-refractivity contribution >= 4 is 0 Å². The Labute approximate surface area is 117 Å². The molecule has 0 amide bonds. The summed E-state index contributed by atoms with van der Waals surface area (Å²) in [5.74, 6) is -0.895. The van der Waals surface area contributed by atoms with Gasteiger partial charge >= 0.3 is 0 Å². The zero-order valence-corrected chi connectivity index (χ0v) is 11.3. The Morgan fingerprint density at radius 1 is 1.00 bits per heavy atom.